The molecule has 1 aromatic carbocycles. The molecule has 4 nitrogen and oxygen atoms in total. The van der Waals surface area contributed by atoms with Crippen molar-refractivity contribution < 1.29 is 14.7 Å². The highest BCUT2D eigenvalue weighted by atomic mass is 32.2. The van der Waals surface area contributed by atoms with Crippen LogP contribution in [0.3, 0.4) is 0 Å². The number of thioether (sulfide) groups is 1. The number of carbonyl (C=O) groups is 2. The lowest BCUT2D eigenvalue weighted by molar-refractivity contribution is -0.142. The van der Waals surface area contributed by atoms with Crippen molar-refractivity contribution in [3.05, 3.63) is 35.9 Å². The van der Waals surface area contributed by atoms with E-state index in [9.17, 15) is 9.59 Å². The zero-order valence-corrected chi connectivity index (χ0v) is 11.3. The smallest absolute Gasteiger partial charge is 0.326 e. The van der Waals surface area contributed by atoms with E-state index in [1.165, 1.54) is 11.9 Å². The Morgan fingerprint density at radius 2 is 1.94 bits per heavy atom. The van der Waals surface area contributed by atoms with Crippen LogP contribution in [0.1, 0.15) is 16.8 Å². The molecule has 18 heavy (non-hydrogen) atoms. The number of carboxylic acids is 1. The SMILES string of the molecule is CSCCC(C(=O)O)N(C)C(=O)c1ccccc1. The van der Waals surface area contributed by atoms with Gasteiger partial charge in [-0.3, -0.25) is 4.79 Å². The second kappa shape index (κ2) is 7.06. The van der Waals surface area contributed by atoms with Crippen molar-refractivity contribution in [1.82, 2.24) is 4.90 Å². The van der Waals surface area contributed by atoms with Gasteiger partial charge in [-0.25, -0.2) is 4.79 Å². The third kappa shape index (κ3) is 3.77. The number of carbonyl (C=O) groups excluding carboxylic acids is 1. The Bertz CT molecular complexity index is 408. The number of likely N-dealkylation sites (N-methyl/N-ethyl adjacent to an activating group) is 1. The van der Waals surface area contributed by atoms with Crippen LogP contribution in [0.2, 0.25) is 0 Å². The Labute approximate surface area is 111 Å². The van der Waals surface area contributed by atoms with Gasteiger partial charge in [-0.2, -0.15) is 11.8 Å². The van der Waals surface area contributed by atoms with Crippen LogP contribution in [0, 0.1) is 0 Å². The lowest BCUT2D eigenvalue weighted by Gasteiger charge is -2.24. The summed E-state index contributed by atoms with van der Waals surface area (Å²) in [5.74, 6) is -0.511. The number of benzene rings is 1. The largest absolute Gasteiger partial charge is 0.480 e. The molecule has 0 bridgehead atoms. The van der Waals surface area contributed by atoms with Gasteiger partial charge < -0.3 is 10.0 Å². The zero-order chi connectivity index (χ0) is 13.5. The summed E-state index contributed by atoms with van der Waals surface area (Å²) < 4.78 is 0. The van der Waals surface area contributed by atoms with Crippen LogP contribution in [0.25, 0.3) is 0 Å². The van der Waals surface area contributed by atoms with Crippen LogP contribution in [0.15, 0.2) is 30.3 Å². The van der Waals surface area contributed by atoms with Crippen LogP contribution in [-0.4, -0.2) is 47.0 Å². The molecule has 1 N–H and O–H groups in total. The Hall–Kier alpha value is -1.49. The first-order valence-corrected chi connectivity index (χ1v) is 7.01. The predicted octanol–water partition coefficient (Wildman–Crippen LogP) is 1.96. The second-order valence-electron chi connectivity index (χ2n) is 3.92. The van der Waals surface area contributed by atoms with Gasteiger partial charge in [-0.1, -0.05) is 18.2 Å². The highest BCUT2D eigenvalue weighted by Crippen LogP contribution is 2.11. The Morgan fingerprint density at radius 1 is 1.33 bits per heavy atom. The van der Waals surface area contributed by atoms with Crippen molar-refractivity contribution in [2.45, 2.75) is 12.5 Å². The molecule has 98 valence electrons. The number of hydrogen-bond donors (Lipinski definition) is 1. The summed E-state index contributed by atoms with van der Waals surface area (Å²) in [7, 11) is 1.54. The lowest BCUT2D eigenvalue weighted by Crippen LogP contribution is -2.42. The molecule has 0 fully saturated rings. The fraction of sp³-hybridized carbons (Fsp3) is 0.385. The molecule has 0 saturated carbocycles. The highest BCUT2D eigenvalue weighted by molar-refractivity contribution is 7.98. The molecule has 1 rings (SSSR count). The molecule has 1 atom stereocenters. The van der Waals surface area contributed by atoms with Crippen molar-refractivity contribution >= 4 is 23.6 Å². The van der Waals surface area contributed by atoms with E-state index in [2.05, 4.69) is 0 Å². The van der Waals surface area contributed by atoms with E-state index in [1.54, 1.807) is 36.0 Å². The molecule has 0 radical (unpaired) electrons. The first kappa shape index (κ1) is 14.6. The van der Waals surface area contributed by atoms with Crippen molar-refractivity contribution in [2.24, 2.45) is 0 Å². The zero-order valence-electron chi connectivity index (χ0n) is 10.5. The summed E-state index contributed by atoms with van der Waals surface area (Å²) in [6.45, 7) is 0. The molecule has 5 heteroatoms. The predicted molar refractivity (Wildman–Crippen MR) is 73.0 cm³/mol. The van der Waals surface area contributed by atoms with Crippen molar-refractivity contribution in [1.29, 1.82) is 0 Å². The van der Waals surface area contributed by atoms with Gasteiger partial charge in [-0.15, -0.1) is 0 Å². The topological polar surface area (TPSA) is 57.6 Å². The van der Waals surface area contributed by atoms with E-state index < -0.39 is 12.0 Å². The average Bonchev–Trinajstić information content (AvgIpc) is 2.38. The summed E-state index contributed by atoms with van der Waals surface area (Å²) >= 11 is 1.57. The number of rotatable bonds is 6. The molecular formula is C13H17NO3S. The van der Waals surface area contributed by atoms with Gasteiger partial charge in [0.25, 0.3) is 5.91 Å². The maximum atomic E-state index is 12.1. The number of carboxylic acid groups (broad SMARTS) is 1. The normalized spacial score (nSPS) is 11.9. The van der Waals surface area contributed by atoms with E-state index in [0.717, 1.165) is 0 Å². The monoisotopic (exact) mass is 267 g/mol. The molecule has 1 amide bonds. The number of amides is 1. The summed E-state index contributed by atoms with van der Waals surface area (Å²) in [6, 6.07) is 7.94. The summed E-state index contributed by atoms with van der Waals surface area (Å²) in [6.07, 6.45) is 2.36. The fourth-order valence-electron chi connectivity index (χ4n) is 1.64. The molecule has 0 aliphatic heterocycles. The molecule has 0 aliphatic rings. The van der Waals surface area contributed by atoms with Crippen molar-refractivity contribution in [2.75, 3.05) is 19.1 Å². The van der Waals surface area contributed by atoms with Gasteiger partial charge in [0, 0.05) is 12.6 Å². The highest BCUT2D eigenvalue weighted by Gasteiger charge is 2.26. The Kier molecular flexibility index (Phi) is 5.71. The number of aliphatic carboxylic acids is 1. The lowest BCUT2D eigenvalue weighted by atomic mass is 10.1. The molecule has 0 saturated heterocycles. The van der Waals surface area contributed by atoms with Crippen LogP contribution in [0.5, 0.6) is 0 Å². The standard InChI is InChI=1S/C13H17NO3S/c1-14(11(13(16)17)8-9-18-2)12(15)10-6-4-3-5-7-10/h3-7,11H,8-9H2,1-2H3,(H,16,17). The fourth-order valence-corrected chi connectivity index (χ4v) is 2.10. The molecule has 0 spiro atoms. The molecule has 0 heterocycles. The summed E-state index contributed by atoms with van der Waals surface area (Å²) in [4.78, 5) is 24.6. The van der Waals surface area contributed by atoms with Crippen molar-refractivity contribution in [3.63, 3.8) is 0 Å². The van der Waals surface area contributed by atoms with Crippen LogP contribution >= 0.6 is 11.8 Å². The van der Waals surface area contributed by atoms with E-state index in [0.29, 0.717) is 17.7 Å². The van der Waals surface area contributed by atoms with Gasteiger partial charge >= 0.3 is 5.97 Å². The van der Waals surface area contributed by atoms with Gasteiger partial charge in [0.05, 0.1) is 0 Å². The van der Waals surface area contributed by atoms with Gasteiger partial charge in [-0.05, 0) is 30.6 Å². The maximum Gasteiger partial charge on any atom is 0.326 e. The molecule has 1 aromatic rings. The maximum absolute atomic E-state index is 12.1. The Balaban J connectivity index is 2.80. The first-order chi connectivity index (χ1) is 8.57. The number of nitrogens with zero attached hydrogens (tertiary/aromatic N) is 1. The first-order valence-electron chi connectivity index (χ1n) is 5.62. The minimum atomic E-state index is -0.962. The molecule has 0 aliphatic carbocycles. The van der Waals surface area contributed by atoms with Crippen LogP contribution in [-0.2, 0) is 4.79 Å². The van der Waals surface area contributed by atoms with Gasteiger partial charge in [0.2, 0.25) is 0 Å². The number of hydrogen-bond acceptors (Lipinski definition) is 3. The minimum Gasteiger partial charge on any atom is -0.480 e. The van der Waals surface area contributed by atoms with Gasteiger partial charge in [0.1, 0.15) is 6.04 Å². The summed E-state index contributed by atoms with van der Waals surface area (Å²) in [5.41, 5.74) is 0.510. The second-order valence-corrected chi connectivity index (χ2v) is 4.90. The molecule has 1 unspecified atom stereocenters. The van der Waals surface area contributed by atoms with Gasteiger partial charge in [0.15, 0.2) is 0 Å². The van der Waals surface area contributed by atoms with E-state index in [-0.39, 0.29) is 5.91 Å². The van der Waals surface area contributed by atoms with E-state index >= 15 is 0 Å². The quantitative estimate of drug-likeness (QED) is 0.856. The van der Waals surface area contributed by atoms with Crippen LogP contribution in [0.4, 0.5) is 0 Å². The average molecular weight is 267 g/mol. The summed E-state index contributed by atoms with van der Waals surface area (Å²) in [5, 5.41) is 9.16. The Morgan fingerprint density at radius 3 is 2.44 bits per heavy atom. The van der Waals surface area contributed by atoms with Crippen molar-refractivity contribution in [3.8, 4) is 0 Å². The van der Waals surface area contributed by atoms with E-state index in [1.807, 2.05) is 12.3 Å². The van der Waals surface area contributed by atoms with Crippen LogP contribution < -0.4 is 0 Å². The third-order valence-corrected chi connectivity index (χ3v) is 3.33. The third-order valence-electron chi connectivity index (χ3n) is 2.69. The molecular weight excluding hydrogens is 250 g/mol. The minimum absolute atomic E-state index is 0.260. The molecule has 0 aromatic heterocycles. The van der Waals surface area contributed by atoms with E-state index in [4.69, 9.17) is 5.11 Å².